The summed E-state index contributed by atoms with van der Waals surface area (Å²) in [6.07, 6.45) is 6.14. The summed E-state index contributed by atoms with van der Waals surface area (Å²) < 4.78 is 5.68. The molecule has 1 N–H and O–H groups in total. The Labute approximate surface area is 105 Å². The summed E-state index contributed by atoms with van der Waals surface area (Å²) in [5, 5.41) is 19.9. The van der Waals surface area contributed by atoms with Crippen LogP contribution in [0, 0.1) is 16.0 Å². The smallest absolute Gasteiger partial charge is 0.329 e. The number of hydrogen-bond acceptors (Lipinski definition) is 5. The summed E-state index contributed by atoms with van der Waals surface area (Å²) in [6, 6.07) is 1.52. The molecule has 1 aliphatic rings. The third-order valence-electron chi connectivity index (χ3n) is 3.30. The number of aliphatic hydroxyl groups excluding tert-OH is 1. The molecule has 0 saturated heterocycles. The molecule has 1 saturated carbocycles. The van der Waals surface area contributed by atoms with Gasteiger partial charge in [0.15, 0.2) is 0 Å². The molecule has 0 atom stereocenters. The predicted octanol–water partition coefficient (Wildman–Crippen LogP) is 1.92. The third kappa shape index (κ3) is 2.95. The summed E-state index contributed by atoms with van der Waals surface area (Å²) in [6.45, 7) is 0.210. The van der Waals surface area contributed by atoms with E-state index in [2.05, 4.69) is 4.98 Å². The Bertz CT molecular complexity index is 416. The zero-order valence-electron chi connectivity index (χ0n) is 9.99. The van der Waals surface area contributed by atoms with Crippen LogP contribution in [0.3, 0.4) is 0 Å². The van der Waals surface area contributed by atoms with Crippen LogP contribution in [0.15, 0.2) is 18.5 Å². The Kier molecular flexibility index (Phi) is 4.09. The van der Waals surface area contributed by atoms with Gasteiger partial charge in [-0.1, -0.05) is 0 Å². The zero-order chi connectivity index (χ0) is 13.0. The van der Waals surface area contributed by atoms with Crippen LogP contribution in [-0.2, 0) is 0 Å². The van der Waals surface area contributed by atoms with E-state index in [1.165, 1.54) is 18.5 Å². The van der Waals surface area contributed by atoms with Crippen molar-refractivity contribution in [1.29, 1.82) is 0 Å². The fourth-order valence-corrected chi connectivity index (χ4v) is 2.22. The molecule has 0 amide bonds. The maximum absolute atomic E-state index is 10.8. The minimum atomic E-state index is -0.484. The molecule has 6 nitrogen and oxygen atoms in total. The van der Waals surface area contributed by atoms with Crippen LogP contribution in [0.2, 0.25) is 0 Å². The second-order valence-corrected chi connectivity index (χ2v) is 4.54. The van der Waals surface area contributed by atoms with E-state index in [-0.39, 0.29) is 24.1 Å². The molecule has 0 bridgehead atoms. The Hall–Kier alpha value is -1.69. The van der Waals surface area contributed by atoms with Gasteiger partial charge < -0.3 is 9.84 Å². The molecule has 2 rings (SSSR count). The Morgan fingerprint density at radius 2 is 2.17 bits per heavy atom. The van der Waals surface area contributed by atoms with Gasteiger partial charge in [0.1, 0.15) is 6.20 Å². The van der Waals surface area contributed by atoms with Crippen molar-refractivity contribution in [1.82, 2.24) is 4.98 Å². The maximum atomic E-state index is 10.8. The van der Waals surface area contributed by atoms with Gasteiger partial charge in [-0.2, -0.15) is 0 Å². The van der Waals surface area contributed by atoms with E-state index in [0.29, 0.717) is 5.92 Å². The first-order valence-corrected chi connectivity index (χ1v) is 6.06. The van der Waals surface area contributed by atoms with Crippen LogP contribution in [0.5, 0.6) is 5.75 Å². The number of ether oxygens (including phenoxy) is 1. The predicted molar refractivity (Wildman–Crippen MR) is 64.4 cm³/mol. The van der Waals surface area contributed by atoms with Gasteiger partial charge in [0.05, 0.1) is 11.0 Å². The van der Waals surface area contributed by atoms with Crippen molar-refractivity contribution in [2.24, 2.45) is 5.92 Å². The number of nitrogens with zero attached hydrogens (tertiary/aromatic N) is 2. The molecule has 0 unspecified atom stereocenters. The highest BCUT2D eigenvalue weighted by Crippen LogP contribution is 2.31. The number of nitro groups is 1. The van der Waals surface area contributed by atoms with Gasteiger partial charge >= 0.3 is 5.69 Å². The number of aromatic nitrogens is 1. The van der Waals surface area contributed by atoms with Gasteiger partial charge in [0.2, 0.25) is 5.75 Å². The van der Waals surface area contributed by atoms with Crippen LogP contribution in [0.4, 0.5) is 5.69 Å². The molecule has 1 aromatic rings. The first-order chi connectivity index (χ1) is 8.70. The van der Waals surface area contributed by atoms with Crippen molar-refractivity contribution in [3.63, 3.8) is 0 Å². The lowest BCUT2D eigenvalue weighted by Crippen LogP contribution is -2.25. The van der Waals surface area contributed by atoms with E-state index < -0.39 is 4.92 Å². The number of rotatable bonds is 4. The highest BCUT2D eigenvalue weighted by molar-refractivity contribution is 5.43. The standard InChI is InChI=1S/C12H16N2O4/c15-8-9-1-3-10(4-2-9)18-12-5-6-13-7-11(12)14(16)17/h5-7,9-10,15H,1-4,8H2. The summed E-state index contributed by atoms with van der Waals surface area (Å²) in [5.41, 5.74) is -0.0956. The van der Waals surface area contributed by atoms with Crippen molar-refractivity contribution in [3.8, 4) is 5.75 Å². The third-order valence-corrected chi connectivity index (χ3v) is 3.30. The topological polar surface area (TPSA) is 85.5 Å². The second kappa shape index (κ2) is 5.77. The van der Waals surface area contributed by atoms with Crippen LogP contribution < -0.4 is 4.74 Å². The first-order valence-electron chi connectivity index (χ1n) is 6.06. The minimum absolute atomic E-state index is 0.00565. The molecule has 98 valence electrons. The molecule has 6 heteroatoms. The van der Waals surface area contributed by atoms with Gasteiger partial charge in [-0.3, -0.25) is 15.1 Å². The monoisotopic (exact) mass is 252 g/mol. The molecular formula is C12H16N2O4. The molecule has 0 radical (unpaired) electrons. The van der Waals surface area contributed by atoms with Gasteiger partial charge in [0.25, 0.3) is 0 Å². The van der Waals surface area contributed by atoms with Crippen molar-refractivity contribution in [2.75, 3.05) is 6.61 Å². The Morgan fingerprint density at radius 1 is 1.44 bits per heavy atom. The highest BCUT2D eigenvalue weighted by Gasteiger charge is 2.24. The van der Waals surface area contributed by atoms with Gasteiger partial charge in [-0.05, 0) is 31.6 Å². The lowest BCUT2D eigenvalue weighted by atomic mass is 9.88. The maximum Gasteiger partial charge on any atom is 0.329 e. The van der Waals surface area contributed by atoms with Gasteiger partial charge in [-0.25, -0.2) is 0 Å². The molecule has 0 aromatic carbocycles. The summed E-state index contributed by atoms with van der Waals surface area (Å²) in [5.74, 6) is 0.625. The number of aliphatic hydroxyl groups is 1. The molecular weight excluding hydrogens is 236 g/mol. The molecule has 1 aliphatic carbocycles. The van der Waals surface area contributed by atoms with Crippen LogP contribution >= 0.6 is 0 Å². The quantitative estimate of drug-likeness (QED) is 0.653. The molecule has 0 spiro atoms. The minimum Gasteiger partial charge on any atom is -0.483 e. The van der Waals surface area contributed by atoms with E-state index in [1.54, 1.807) is 0 Å². The molecule has 1 fully saturated rings. The van der Waals surface area contributed by atoms with E-state index in [9.17, 15) is 10.1 Å². The van der Waals surface area contributed by atoms with Crippen LogP contribution in [-0.4, -0.2) is 27.7 Å². The van der Waals surface area contributed by atoms with E-state index in [1.807, 2.05) is 0 Å². The lowest BCUT2D eigenvalue weighted by molar-refractivity contribution is -0.386. The Balaban J connectivity index is 2.00. The first kappa shape index (κ1) is 12.8. The molecule has 0 aliphatic heterocycles. The van der Waals surface area contributed by atoms with E-state index in [0.717, 1.165) is 25.7 Å². The zero-order valence-corrected chi connectivity index (χ0v) is 9.99. The normalized spacial score (nSPS) is 23.6. The van der Waals surface area contributed by atoms with Crippen molar-refractivity contribution in [2.45, 2.75) is 31.8 Å². The van der Waals surface area contributed by atoms with Crippen molar-refractivity contribution in [3.05, 3.63) is 28.6 Å². The van der Waals surface area contributed by atoms with Crippen molar-refractivity contribution >= 4 is 5.69 Å². The van der Waals surface area contributed by atoms with Crippen molar-refractivity contribution < 1.29 is 14.8 Å². The SMILES string of the molecule is O=[N+]([O-])c1cnccc1OC1CCC(CO)CC1. The fourth-order valence-electron chi connectivity index (χ4n) is 2.22. The highest BCUT2D eigenvalue weighted by atomic mass is 16.6. The number of pyridine rings is 1. The summed E-state index contributed by atoms with van der Waals surface area (Å²) in [7, 11) is 0. The second-order valence-electron chi connectivity index (χ2n) is 4.54. The van der Waals surface area contributed by atoms with Crippen LogP contribution in [0.1, 0.15) is 25.7 Å². The lowest BCUT2D eigenvalue weighted by Gasteiger charge is -2.27. The van der Waals surface area contributed by atoms with Crippen LogP contribution in [0.25, 0.3) is 0 Å². The molecule has 1 heterocycles. The Morgan fingerprint density at radius 3 is 2.78 bits per heavy atom. The number of hydrogen-bond donors (Lipinski definition) is 1. The van der Waals surface area contributed by atoms with Gasteiger partial charge in [0, 0.05) is 18.9 Å². The molecule has 1 aromatic heterocycles. The van der Waals surface area contributed by atoms with Gasteiger partial charge in [-0.15, -0.1) is 0 Å². The largest absolute Gasteiger partial charge is 0.483 e. The van der Waals surface area contributed by atoms with E-state index >= 15 is 0 Å². The molecule has 18 heavy (non-hydrogen) atoms. The average Bonchev–Trinajstić information content (AvgIpc) is 2.40. The van der Waals surface area contributed by atoms with E-state index in [4.69, 9.17) is 9.84 Å². The summed E-state index contributed by atoms with van der Waals surface area (Å²) in [4.78, 5) is 14.1. The summed E-state index contributed by atoms with van der Waals surface area (Å²) >= 11 is 0. The fraction of sp³-hybridized carbons (Fsp3) is 0.583. The average molecular weight is 252 g/mol.